The fourth-order valence-electron chi connectivity index (χ4n) is 3.21. The number of carbonyl (C=O) groups excluding carboxylic acids is 2. The molecule has 2 aromatic rings. The first-order valence-electron chi connectivity index (χ1n) is 10.9. The van der Waals surface area contributed by atoms with Gasteiger partial charge >= 0.3 is 0 Å². The molecule has 0 aliphatic heterocycles. The summed E-state index contributed by atoms with van der Waals surface area (Å²) in [6, 6.07) is 17.1. The highest BCUT2D eigenvalue weighted by Gasteiger charge is 2.28. The third-order valence-electron chi connectivity index (χ3n) is 4.88. The van der Waals surface area contributed by atoms with Crippen LogP contribution in [0, 0.1) is 5.92 Å². The Balaban J connectivity index is 2.00. The van der Waals surface area contributed by atoms with Crippen LogP contribution < -0.4 is 5.32 Å². The molecule has 31 heavy (non-hydrogen) atoms. The van der Waals surface area contributed by atoms with Gasteiger partial charge in [-0.3, -0.25) is 9.59 Å². The first-order valence-corrected chi connectivity index (χ1v) is 12.3. The van der Waals surface area contributed by atoms with Crippen LogP contribution in [0.2, 0.25) is 5.02 Å². The zero-order valence-corrected chi connectivity index (χ0v) is 20.2. The Morgan fingerprint density at radius 2 is 1.74 bits per heavy atom. The molecule has 0 unspecified atom stereocenters. The van der Waals surface area contributed by atoms with Gasteiger partial charge in [0.2, 0.25) is 11.8 Å². The molecule has 0 spiro atoms. The molecule has 168 valence electrons. The third-order valence-corrected chi connectivity index (χ3v) is 6.23. The lowest BCUT2D eigenvalue weighted by molar-refractivity contribution is -0.141. The van der Waals surface area contributed by atoms with Crippen LogP contribution in [0.1, 0.15) is 45.6 Å². The smallest absolute Gasteiger partial charge is 0.242 e. The van der Waals surface area contributed by atoms with Gasteiger partial charge in [0.05, 0.1) is 0 Å². The molecule has 0 heterocycles. The summed E-state index contributed by atoms with van der Waals surface area (Å²) in [6.45, 7) is 7.14. The van der Waals surface area contributed by atoms with Gasteiger partial charge in [0, 0.05) is 29.4 Å². The fraction of sp³-hybridized carbons (Fsp3) is 0.440. The van der Waals surface area contributed by atoms with E-state index in [1.54, 1.807) is 16.7 Å². The average Bonchev–Trinajstić information content (AvgIpc) is 2.77. The highest BCUT2D eigenvalue weighted by molar-refractivity contribution is 7.99. The normalized spacial score (nSPS) is 11.9. The molecular formula is C25H33ClN2O2S. The van der Waals surface area contributed by atoms with Crippen LogP contribution in [0.25, 0.3) is 0 Å². The van der Waals surface area contributed by atoms with E-state index < -0.39 is 6.04 Å². The Morgan fingerprint density at radius 1 is 1.06 bits per heavy atom. The number of amides is 2. The van der Waals surface area contributed by atoms with Crippen LogP contribution in [-0.2, 0) is 16.1 Å². The molecule has 0 bridgehead atoms. The summed E-state index contributed by atoms with van der Waals surface area (Å²) in [5, 5.41) is 3.72. The quantitative estimate of drug-likeness (QED) is 0.322. The zero-order chi connectivity index (χ0) is 22.6. The highest BCUT2D eigenvalue weighted by Crippen LogP contribution is 2.22. The maximum Gasteiger partial charge on any atom is 0.242 e. The van der Waals surface area contributed by atoms with Gasteiger partial charge in [0.15, 0.2) is 0 Å². The van der Waals surface area contributed by atoms with Crippen LogP contribution in [0.15, 0.2) is 59.5 Å². The van der Waals surface area contributed by atoms with Gasteiger partial charge in [-0.05, 0) is 54.3 Å². The van der Waals surface area contributed by atoms with E-state index in [1.165, 1.54) is 0 Å². The van der Waals surface area contributed by atoms with Crippen molar-refractivity contribution < 1.29 is 9.59 Å². The monoisotopic (exact) mass is 460 g/mol. The summed E-state index contributed by atoms with van der Waals surface area (Å²) in [6.07, 6.45) is 1.75. The second kappa shape index (κ2) is 13.4. The van der Waals surface area contributed by atoms with Gasteiger partial charge in [-0.25, -0.2) is 0 Å². The number of thioether (sulfide) groups is 1. The third kappa shape index (κ3) is 8.96. The van der Waals surface area contributed by atoms with Crippen LogP contribution in [-0.4, -0.2) is 35.1 Å². The van der Waals surface area contributed by atoms with E-state index in [2.05, 4.69) is 19.2 Å². The van der Waals surface area contributed by atoms with E-state index in [4.69, 9.17) is 11.6 Å². The van der Waals surface area contributed by atoms with Gasteiger partial charge in [-0.1, -0.05) is 62.7 Å². The van der Waals surface area contributed by atoms with E-state index >= 15 is 0 Å². The molecule has 0 aliphatic carbocycles. The highest BCUT2D eigenvalue weighted by atomic mass is 35.5. The summed E-state index contributed by atoms with van der Waals surface area (Å²) >= 11 is 7.64. The van der Waals surface area contributed by atoms with Crippen molar-refractivity contribution in [3.8, 4) is 0 Å². The molecule has 0 saturated heterocycles. The average molecular weight is 461 g/mol. The van der Waals surface area contributed by atoms with E-state index in [0.29, 0.717) is 31.8 Å². The Bertz CT molecular complexity index is 812. The molecule has 2 rings (SSSR count). The lowest BCUT2D eigenvalue weighted by Gasteiger charge is -2.31. The van der Waals surface area contributed by atoms with Crippen molar-refractivity contribution in [1.82, 2.24) is 10.2 Å². The largest absolute Gasteiger partial charge is 0.354 e. The summed E-state index contributed by atoms with van der Waals surface area (Å²) in [5.74, 6) is 1.15. The lowest BCUT2D eigenvalue weighted by atomic mass is 10.1. The van der Waals surface area contributed by atoms with E-state index in [1.807, 2.05) is 61.5 Å². The molecule has 2 amide bonds. The molecule has 1 N–H and O–H groups in total. The number of rotatable bonds is 12. The van der Waals surface area contributed by atoms with Crippen molar-refractivity contribution in [2.75, 3.05) is 12.3 Å². The van der Waals surface area contributed by atoms with Crippen molar-refractivity contribution in [2.24, 2.45) is 5.92 Å². The molecule has 0 saturated carbocycles. The van der Waals surface area contributed by atoms with Crippen molar-refractivity contribution >= 4 is 35.2 Å². The summed E-state index contributed by atoms with van der Waals surface area (Å²) in [7, 11) is 0. The van der Waals surface area contributed by atoms with Gasteiger partial charge < -0.3 is 10.2 Å². The van der Waals surface area contributed by atoms with E-state index in [0.717, 1.165) is 27.7 Å². The molecule has 0 aliphatic rings. The van der Waals surface area contributed by atoms with Crippen LogP contribution in [0.3, 0.4) is 0 Å². The van der Waals surface area contributed by atoms with Crippen molar-refractivity contribution in [1.29, 1.82) is 0 Å². The Kier molecular flexibility index (Phi) is 11.0. The van der Waals surface area contributed by atoms with Gasteiger partial charge in [0.25, 0.3) is 0 Å². The summed E-state index contributed by atoms with van der Waals surface area (Å²) < 4.78 is 0. The topological polar surface area (TPSA) is 49.4 Å². The predicted octanol–water partition coefficient (Wildman–Crippen LogP) is 5.79. The number of hydrogen-bond donors (Lipinski definition) is 1. The van der Waals surface area contributed by atoms with Gasteiger partial charge in [-0.2, -0.15) is 0 Å². The number of nitrogens with one attached hydrogen (secondary N) is 1. The predicted molar refractivity (Wildman–Crippen MR) is 130 cm³/mol. The summed E-state index contributed by atoms with van der Waals surface area (Å²) in [4.78, 5) is 28.9. The standard InChI is InChI=1S/C25H33ClN2O2S/c1-4-23(25(30)27-17-19(2)3)28(18-20-9-6-5-7-10-20)24(29)11-8-16-31-22-14-12-21(26)13-15-22/h5-7,9-10,12-15,19,23H,4,8,11,16-18H2,1-3H3,(H,27,30)/t23-/m0/s1. The lowest BCUT2D eigenvalue weighted by Crippen LogP contribution is -2.49. The Hall–Kier alpha value is -1.98. The molecule has 1 atom stereocenters. The van der Waals surface area contributed by atoms with Gasteiger partial charge in [-0.15, -0.1) is 11.8 Å². The minimum absolute atomic E-state index is 0.0205. The summed E-state index contributed by atoms with van der Waals surface area (Å²) in [5.41, 5.74) is 1.03. The number of hydrogen-bond acceptors (Lipinski definition) is 3. The number of carbonyl (C=O) groups is 2. The Labute approximate surface area is 195 Å². The van der Waals surface area contributed by atoms with Gasteiger partial charge in [0.1, 0.15) is 6.04 Å². The first kappa shape index (κ1) is 25.3. The number of benzene rings is 2. The van der Waals surface area contributed by atoms with Crippen LogP contribution in [0.4, 0.5) is 0 Å². The fourth-order valence-corrected chi connectivity index (χ4v) is 4.19. The number of nitrogens with zero attached hydrogens (tertiary/aromatic N) is 1. The van der Waals surface area contributed by atoms with Crippen LogP contribution >= 0.6 is 23.4 Å². The molecular weight excluding hydrogens is 428 g/mol. The van der Waals surface area contributed by atoms with Crippen molar-refractivity contribution in [3.63, 3.8) is 0 Å². The molecule has 6 heteroatoms. The Morgan fingerprint density at radius 3 is 2.35 bits per heavy atom. The molecule has 0 radical (unpaired) electrons. The van der Waals surface area contributed by atoms with Crippen molar-refractivity contribution in [3.05, 3.63) is 65.2 Å². The first-order chi connectivity index (χ1) is 14.9. The second-order valence-corrected chi connectivity index (χ2v) is 9.58. The minimum atomic E-state index is -0.463. The SMILES string of the molecule is CC[C@@H](C(=O)NCC(C)C)N(Cc1ccccc1)C(=O)CCCSc1ccc(Cl)cc1. The minimum Gasteiger partial charge on any atom is -0.354 e. The van der Waals surface area contributed by atoms with E-state index in [9.17, 15) is 9.59 Å². The second-order valence-electron chi connectivity index (χ2n) is 7.98. The van der Waals surface area contributed by atoms with Crippen LogP contribution in [0.5, 0.6) is 0 Å². The molecule has 2 aromatic carbocycles. The number of halogens is 1. The maximum atomic E-state index is 13.2. The van der Waals surface area contributed by atoms with E-state index in [-0.39, 0.29) is 11.8 Å². The zero-order valence-electron chi connectivity index (χ0n) is 18.6. The van der Waals surface area contributed by atoms with Crippen molar-refractivity contribution in [2.45, 2.75) is 57.5 Å². The molecule has 4 nitrogen and oxygen atoms in total. The molecule has 0 fully saturated rings. The maximum absolute atomic E-state index is 13.2. The molecule has 0 aromatic heterocycles.